The molecule has 97 heavy (non-hydrogen) atoms. The number of rotatable bonds is 18. The molecule has 0 atom stereocenters. The Kier molecular flexibility index (Phi) is 19.5. The largest absolute Gasteiger partial charge is 0.481 e. The number of carboxylic acid groups (broad SMARTS) is 3. The van der Waals surface area contributed by atoms with Gasteiger partial charge in [-0.3, -0.25) is 43.2 Å². The summed E-state index contributed by atoms with van der Waals surface area (Å²) >= 11 is 0. The SMILES string of the molecule is C=CS(=O)(=O)c1ccc2c(c1)/C(=C/c1[nH]c3c(c1CCC(=O)O)C(=O)CCC3)C(=O)N2.CCS(=O)(=O)c1ccc2c(c1)/C(=C/c1[nH]c3c(c1CCC(=O)O)C(=O)CCC3)C(=O)N2.O=C(O)CCc1c(/C=C2\C(=O)Nc3ccc(S(=O)(=O)N4CCCCC4)cc32)[nH]c2c1C(=O)CCC2. The second kappa shape index (κ2) is 27.7. The van der Waals surface area contributed by atoms with Crippen molar-refractivity contribution < 1.29 is 83.7 Å². The number of piperidine rings is 1. The van der Waals surface area contributed by atoms with Gasteiger partial charge in [-0.05, 0) is 160 Å². The number of aliphatic carboxylic acids is 3. The maximum atomic E-state index is 13.2. The summed E-state index contributed by atoms with van der Waals surface area (Å²) < 4.78 is 76.8. The predicted octanol–water partition coefficient (Wildman–Crippen LogP) is 9.02. The van der Waals surface area contributed by atoms with Crippen LogP contribution in [0.3, 0.4) is 0 Å². The van der Waals surface area contributed by atoms with Crippen LogP contribution in [0.4, 0.5) is 17.1 Å². The monoisotopic (exact) mass is 1380 g/mol. The molecule has 3 aromatic carbocycles. The first kappa shape index (κ1) is 68.5. The van der Waals surface area contributed by atoms with Gasteiger partial charge in [-0.1, -0.05) is 19.9 Å². The molecule has 0 unspecified atom stereocenters. The number of fused-ring (bicyclic) bond motifs is 6. The van der Waals surface area contributed by atoms with Crippen LogP contribution in [0.25, 0.3) is 34.9 Å². The molecule has 4 aliphatic heterocycles. The highest BCUT2D eigenvalue weighted by molar-refractivity contribution is 7.94. The first-order chi connectivity index (χ1) is 46.2. The number of nitrogens with one attached hydrogen (secondary N) is 6. The lowest BCUT2D eigenvalue weighted by Crippen LogP contribution is -2.35. The molecule has 3 aromatic heterocycles. The summed E-state index contributed by atoms with van der Waals surface area (Å²) in [5, 5.41) is 36.5. The quantitative estimate of drug-likeness (QED) is 0.0362. The van der Waals surface area contributed by atoms with Crippen molar-refractivity contribution in [3.05, 3.63) is 151 Å². The average molecular weight is 1380 g/mol. The summed E-state index contributed by atoms with van der Waals surface area (Å²) in [7, 11) is -10.8. The number of ketones is 3. The van der Waals surface area contributed by atoms with E-state index in [-0.39, 0.29) is 105 Å². The average Bonchev–Trinajstić information content (AvgIpc) is 1.67. The van der Waals surface area contributed by atoms with Crippen molar-refractivity contribution in [2.75, 3.05) is 34.8 Å². The molecule has 7 aliphatic rings. The smallest absolute Gasteiger partial charge is 0.303 e. The van der Waals surface area contributed by atoms with Gasteiger partial charge in [-0.2, -0.15) is 4.31 Å². The number of H-pyrrole nitrogens is 3. The molecule has 13 rings (SSSR count). The van der Waals surface area contributed by atoms with E-state index < -0.39 is 53.5 Å². The van der Waals surface area contributed by atoms with Crippen molar-refractivity contribution in [2.24, 2.45) is 0 Å². The number of carboxylic acids is 3. The highest BCUT2D eigenvalue weighted by Crippen LogP contribution is 2.41. The Morgan fingerprint density at radius 2 is 0.814 bits per heavy atom. The van der Waals surface area contributed by atoms with Crippen LogP contribution >= 0.6 is 0 Å². The van der Waals surface area contributed by atoms with E-state index in [1.54, 1.807) is 37.3 Å². The molecule has 1 saturated heterocycles. The van der Waals surface area contributed by atoms with Gasteiger partial charge >= 0.3 is 17.9 Å². The lowest BCUT2D eigenvalue weighted by atomic mass is 9.91. The van der Waals surface area contributed by atoms with Crippen molar-refractivity contribution in [3.8, 4) is 0 Å². The number of anilines is 3. The van der Waals surface area contributed by atoms with Gasteiger partial charge in [0.15, 0.2) is 37.0 Å². The zero-order valence-electron chi connectivity index (χ0n) is 52.7. The summed E-state index contributed by atoms with van der Waals surface area (Å²) in [6.45, 7) is 5.84. The van der Waals surface area contributed by atoms with Gasteiger partial charge in [0.05, 0.1) is 37.2 Å². The fourth-order valence-corrected chi connectivity index (χ4v) is 16.5. The number of hydrogen-bond acceptors (Lipinski definition) is 15. The maximum absolute atomic E-state index is 13.2. The molecule has 0 bridgehead atoms. The van der Waals surface area contributed by atoms with Gasteiger partial charge in [0.25, 0.3) is 17.7 Å². The number of sulfonamides is 1. The number of aromatic nitrogens is 3. The maximum Gasteiger partial charge on any atom is 0.303 e. The van der Waals surface area contributed by atoms with Crippen LogP contribution in [0.1, 0.15) is 183 Å². The van der Waals surface area contributed by atoms with Crippen LogP contribution in [-0.4, -0.2) is 132 Å². The number of nitrogens with zero attached hydrogens (tertiary/aromatic N) is 1. The van der Waals surface area contributed by atoms with Crippen molar-refractivity contribution >= 4 is 135 Å². The third-order valence-corrected chi connectivity index (χ3v) is 23.1. The number of Topliss-reactive ketones (excluding diaryl/α,β-unsaturated/α-hetero) is 3. The summed E-state index contributed by atoms with van der Waals surface area (Å²) in [6, 6.07) is 13.4. The number of carbonyl (C=O) groups excluding carboxylic acids is 6. The van der Waals surface area contributed by atoms with Crippen LogP contribution in [0.2, 0.25) is 0 Å². The molecule has 506 valence electrons. The lowest BCUT2D eigenvalue weighted by molar-refractivity contribution is -0.138. The fourth-order valence-electron chi connectivity index (χ4n) is 13.3. The number of benzene rings is 3. The number of aryl methyl sites for hydroxylation is 3. The van der Waals surface area contributed by atoms with Gasteiger partial charge in [0.2, 0.25) is 10.0 Å². The Bertz CT molecular complexity index is 4860. The Morgan fingerprint density at radius 3 is 1.16 bits per heavy atom. The van der Waals surface area contributed by atoms with E-state index in [9.17, 15) is 73.5 Å². The van der Waals surface area contributed by atoms with Crippen molar-refractivity contribution in [1.29, 1.82) is 0 Å². The fraction of sp³-hybridized carbons (Fsp3) is 0.319. The minimum atomic E-state index is -3.69. The minimum absolute atomic E-state index is 0.00992. The summed E-state index contributed by atoms with van der Waals surface area (Å²) in [5.41, 5.74) is 10.7. The molecule has 7 heterocycles. The molecule has 25 nitrogen and oxygen atoms in total. The topological polar surface area (TPSA) is 403 Å². The zero-order valence-corrected chi connectivity index (χ0v) is 55.1. The van der Waals surface area contributed by atoms with Crippen LogP contribution in [-0.2, 0) is 97.0 Å². The van der Waals surface area contributed by atoms with E-state index >= 15 is 0 Å². The minimum Gasteiger partial charge on any atom is -0.481 e. The van der Waals surface area contributed by atoms with E-state index in [0.717, 1.165) is 41.8 Å². The van der Waals surface area contributed by atoms with E-state index in [4.69, 9.17) is 10.2 Å². The second-order valence-corrected chi connectivity index (χ2v) is 30.5. The molecule has 3 amide bonds. The summed E-state index contributed by atoms with van der Waals surface area (Å²) in [6.07, 6.45) is 12.8. The number of amides is 3. The van der Waals surface area contributed by atoms with Gasteiger partial charge in [0.1, 0.15) is 0 Å². The van der Waals surface area contributed by atoms with E-state index in [0.29, 0.717) is 155 Å². The van der Waals surface area contributed by atoms with Crippen LogP contribution in [0, 0.1) is 0 Å². The second-order valence-electron chi connectivity index (χ2n) is 24.4. The highest BCUT2D eigenvalue weighted by Gasteiger charge is 2.35. The number of sulfone groups is 2. The van der Waals surface area contributed by atoms with E-state index in [1.807, 2.05) is 0 Å². The molecule has 1 fully saturated rings. The Labute approximate surface area is 557 Å². The number of aromatic amines is 3. The van der Waals surface area contributed by atoms with Gasteiger partial charge in [-0.25, -0.2) is 25.3 Å². The highest BCUT2D eigenvalue weighted by atomic mass is 32.2. The zero-order chi connectivity index (χ0) is 69.4. The predicted molar refractivity (Wildman–Crippen MR) is 359 cm³/mol. The molecule has 6 aromatic rings. The van der Waals surface area contributed by atoms with E-state index in [2.05, 4.69) is 37.5 Å². The molecule has 0 spiro atoms. The van der Waals surface area contributed by atoms with Gasteiger partial charge in [0, 0.05) is 142 Å². The third kappa shape index (κ3) is 14.1. The van der Waals surface area contributed by atoms with Crippen molar-refractivity contribution in [1.82, 2.24) is 19.3 Å². The Morgan fingerprint density at radius 1 is 0.474 bits per heavy atom. The Balaban J connectivity index is 0.000000148. The van der Waals surface area contributed by atoms with Crippen LogP contribution in [0.5, 0.6) is 0 Å². The molecule has 0 radical (unpaired) electrons. The van der Waals surface area contributed by atoms with Gasteiger partial charge in [-0.15, -0.1) is 0 Å². The molecule has 0 saturated carbocycles. The molecule has 28 heteroatoms. The van der Waals surface area contributed by atoms with Crippen molar-refractivity contribution in [2.45, 2.75) is 137 Å². The molecule has 9 N–H and O–H groups in total. The normalized spacial score (nSPS) is 17.8. The first-order valence-corrected chi connectivity index (χ1v) is 36.4. The van der Waals surface area contributed by atoms with E-state index in [1.165, 1.54) is 46.8 Å². The molecular formula is C69H69N7O18S3. The standard InChI is InChI=1S/C25H27N3O6S.C22H22N2O6S.C22H20N2O6S/c29-22-6-4-5-20-24(22)16(8-10-23(30)31)21(26-20)14-18-17-13-15(7-9-19(17)27-25(18)32)35(33,34)28-11-2-1-3-12-28;2*1-2-31(29,30)12-6-8-16-14(10-12)15(22(28)24-16)11-18-13(7-9-20(26)27)21-17(23-18)4-3-5-19(21)25/h7,9,13-14,26H,1-6,8,10-12H2,(H,27,32)(H,30,31);6,8,10-11,23H,2-5,7,9H2,1H3,(H,24,28)(H,26,27);2,6,8,10-11,23H,1,3-5,7,9H2,(H,24,28)(H,26,27)/b18-14-;2*15-11-. The summed E-state index contributed by atoms with van der Waals surface area (Å²) in [5.74, 6) is -4.27. The van der Waals surface area contributed by atoms with Crippen LogP contribution in [0.15, 0.2) is 81.3 Å². The molecular weight excluding hydrogens is 1310 g/mol. The van der Waals surface area contributed by atoms with Crippen LogP contribution < -0.4 is 16.0 Å². The first-order valence-electron chi connectivity index (χ1n) is 31.8. The summed E-state index contributed by atoms with van der Waals surface area (Å²) in [4.78, 5) is 119. The lowest BCUT2D eigenvalue weighted by Gasteiger charge is -2.26. The molecule has 3 aliphatic carbocycles. The number of hydrogen-bond donors (Lipinski definition) is 9. The van der Waals surface area contributed by atoms with Gasteiger partial charge < -0.3 is 46.2 Å². The Hall–Kier alpha value is -9.90. The van der Waals surface area contributed by atoms with Crippen molar-refractivity contribution in [3.63, 3.8) is 0 Å². The number of carbonyl (C=O) groups is 9. The third-order valence-electron chi connectivity index (χ3n) is 18.2.